The lowest BCUT2D eigenvalue weighted by molar-refractivity contribution is -0.386. The zero-order valence-corrected chi connectivity index (χ0v) is 18.1. The second-order valence-corrected chi connectivity index (χ2v) is 7.62. The van der Waals surface area contributed by atoms with Gasteiger partial charge in [-0.25, -0.2) is 0 Å². The first-order valence-electron chi connectivity index (χ1n) is 10.2. The number of amides is 1. The Balaban J connectivity index is 1.36. The van der Waals surface area contributed by atoms with Crippen molar-refractivity contribution in [3.8, 4) is 5.75 Å². The number of aryl methyl sites for hydroxylation is 2. The van der Waals surface area contributed by atoms with Gasteiger partial charge < -0.3 is 14.5 Å². The van der Waals surface area contributed by atoms with E-state index in [1.54, 1.807) is 36.0 Å². The highest BCUT2D eigenvalue weighted by molar-refractivity contribution is 6.01. The summed E-state index contributed by atoms with van der Waals surface area (Å²) in [6.45, 7) is 4.33. The van der Waals surface area contributed by atoms with Crippen LogP contribution in [-0.2, 0) is 13.2 Å². The van der Waals surface area contributed by atoms with Crippen LogP contribution in [0.2, 0.25) is 0 Å². The van der Waals surface area contributed by atoms with E-state index in [9.17, 15) is 14.9 Å². The number of nitro groups is 1. The Kier molecular flexibility index (Phi) is 6.21. The molecule has 0 fully saturated rings. The fourth-order valence-corrected chi connectivity index (χ4v) is 3.31. The monoisotopic (exact) mass is 446 g/mol. The van der Waals surface area contributed by atoms with Crippen LogP contribution in [0.4, 0.5) is 11.5 Å². The van der Waals surface area contributed by atoms with E-state index in [-0.39, 0.29) is 23.8 Å². The predicted molar refractivity (Wildman–Crippen MR) is 121 cm³/mol. The molecule has 1 amide bonds. The molecule has 0 atom stereocenters. The SMILES string of the molecule is Cc1cccc(Cn2ccc(NC(=O)c3ccc(COc4ccc(C)cc4[N+](=O)[O-])o3)n2)c1. The molecular formula is C24H22N4O5. The quantitative estimate of drug-likeness (QED) is 0.305. The van der Waals surface area contributed by atoms with Crippen molar-refractivity contribution in [3.05, 3.63) is 105 Å². The zero-order valence-electron chi connectivity index (χ0n) is 18.1. The maximum absolute atomic E-state index is 12.5. The highest BCUT2D eigenvalue weighted by atomic mass is 16.6. The number of nitrogens with one attached hydrogen (secondary N) is 1. The van der Waals surface area contributed by atoms with E-state index in [0.717, 1.165) is 11.1 Å². The molecule has 168 valence electrons. The van der Waals surface area contributed by atoms with Crippen molar-refractivity contribution in [2.24, 2.45) is 0 Å². The minimum Gasteiger partial charge on any atom is -0.479 e. The summed E-state index contributed by atoms with van der Waals surface area (Å²) >= 11 is 0. The fraction of sp³-hybridized carbons (Fsp3) is 0.167. The summed E-state index contributed by atoms with van der Waals surface area (Å²) in [6, 6.07) is 17.6. The molecule has 4 aromatic rings. The van der Waals surface area contributed by atoms with Crippen molar-refractivity contribution >= 4 is 17.4 Å². The Labute approximate surface area is 189 Å². The lowest BCUT2D eigenvalue weighted by Gasteiger charge is -2.06. The molecule has 0 unspecified atom stereocenters. The normalized spacial score (nSPS) is 10.7. The van der Waals surface area contributed by atoms with Crippen LogP contribution in [0.15, 0.2) is 71.3 Å². The number of ether oxygens (including phenoxy) is 1. The molecule has 2 heterocycles. The first-order chi connectivity index (χ1) is 15.9. The zero-order chi connectivity index (χ0) is 23.4. The summed E-state index contributed by atoms with van der Waals surface area (Å²) in [6.07, 6.45) is 1.79. The van der Waals surface area contributed by atoms with E-state index >= 15 is 0 Å². The first kappa shape index (κ1) is 21.8. The molecule has 1 N–H and O–H groups in total. The summed E-state index contributed by atoms with van der Waals surface area (Å²) in [5.41, 5.74) is 2.91. The van der Waals surface area contributed by atoms with Crippen LogP contribution in [0.5, 0.6) is 5.75 Å². The standard InChI is InChI=1S/C24H22N4O5/c1-16-4-3-5-18(12-16)14-27-11-10-23(26-27)25-24(29)22-9-7-19(33-22)15-32-21-8-6-17(2)13-20(21)28(30)31/h3-13H,14-15H2,1-2H3,(H,25,26,29). The lowest BCUT2D eigenvalue weighted by Crippen LogP contribution is -2.12. The molecular weight excluding hydrogens is 424 g/mol. The first-order valence-corrected chi connectivity index (χ1v) is 10.2. The average molecular weight is 446 g/mol. The number of nitrogens with zero attached hydrogens (tertiary/aromatic N) is 3. The van der Waals surface area contributed by atoms with E-state index in [0.29, 0.717) is 18.1 Å². The van der Waals surface area contributed by atoms with Gasteiger partial charge >= 0.3 is 5.69 Å². The van der Waals surface area contributed by atoms with Gasteiger partial charge in [0.15, 0.2) is 17.3 Å². The number of aromatic nitrogens is 2. The number of carbonyl (C=O) groups excluding carboxylic acids is 1. The average Bonchev–Trinajstić information content (AvgIpc) is 3.42. The van der Waals surface area contributed by atoms with E-state index in [4.69, 9.17) is 9.15 Å². The van der Waals surface area contributed by atoms with Crippen LogP contribution in [0.3, 0.4) is 0 Å². The van der Waals surface area contributed by atoms with Crippen molar-refractivity contribution in [1.82, 2.24) is 9.78 Å². The maximum atomic E-state index is 12.5. The molecule has 2 aromatic heterocycles. The Bertz CT molecular complexity index is 1310. The van der Waals surface area contributed by atoms with E-state index in [2.05, 4.69) is 16.5 Å². The van der Waals surface area contributed by atoms with Crippen LogP contribution in [0, 0.1) is 24.0 Å². The summed E-state index contributed by atoms with van der Waals surface area (Å²) in [4.78, 5) is 23.2. The Hall–Kier alpha value is -4.40. The third kappa shape index (κ3) is 5.45. The van der Waals surface area contributed by atoms with Crippen molar-refractivity contribution in [2.75, 3.05) is 5.32 Å². The van der Waals surface area contributed by atoms with Gasteiger partial charge in [-0.3, -0.25) is 19.6 Å². The highest BCUT2D eigenvalue weighted by Crippen LogP contribution is 2.28. The molecule has 33 heavy (non-hydrogen) atoms. The van der Waals surface area contributed by atoms with Crippen molar-refractivity contribution in [3.63, 3.8) is 0 Å². The number of benzene rings is 2. The molecule has 9 nitrogen and oxygen atoms in total. The topological polar surface area (TPSA) is 112 Å². The Morgan fingerprint density at radius 2 is 1.94 bits per heavy atom. The molecule has 0 spiro atoms. The molecule has 0 bridgehead atoms. The minimum absolute atomic E-state index is 0.0533. The van der Waals surface area contributed by atoms with Crippen LogP contribution in [0.25, 0.3) is 0 Å². The van der Waals surface area contributed by atoms with Gasteiger partial charge in [-0.1, -0.05) is 35.9 Å². The van der Waals surface area contributed by atoms with Gasteiger partial charge in [-0.15, -0.1) is 0 Å². The molecule has 0 saturated heterocycles. The number of nitro benzene ring substituents is 1. The van der Waals surface area contributed by atoms with Gasteiger partial charge in [0.2, 0.25) is 0 Å². The highest BCUT2D eigenvalue weighted by Gasteiger charge is 2.17. The molecule has 0 aliphatic rings. The van der Waals surface area contributed by atoms with Crippen molar-refractivity contribution < 1.29 is 18.9 Å². The molecule has 4 rings (SSSR count). The van der Waals surface area contributed by atoms with Gasteiger partial charge in [0.25, 0.3) is 5.91 Å². The minimum atomic E-state index is -0.499. The van der Waals surface area contributed by atoms with Gasteiger partial charge in [0.1, 0.15) is 12.4 Å². The summed E-state index contributed by atoms with van der Waals surface area (Å²) in [7, 11) is 0. The maximum Gasteiger partial charge on any atom is 0.311 e. The van der Waals surface area contributed by atoms with Gasteiger partial charge in [0.05, 0.1) is 11.5 Å². The van der Waals surface area contributed by atoms with Crippen molar-refractivity contribution in [1.29, 1.82) is 0 Å². The fourth-order valence-electron chi connectivity index (χ4n) is 3.31. The number of hydrogen-bond donors (Lipinski definition) is 1. The molecule has 0 aliphatic heterocycles. The number of rotatable bonds is 8. The second kappa shape index (κ2) is 9.39. The van der Waals surface area contributed by atoms with Crippen LogP contribution in [0.1, 0.15) is 33.0 Å². The second-order valence-electron chi connectivity index (χ2n) is 7.62. The third-order valence-electron chi connectivity index (χ3n) is 4.88. The number of hydrogen-bond acceptors (Lipinski definition) is 6. The third-order valence-corrected chi connectivity index (χ3v) is 4.88. The lowest BCUT2D eigenvalue weighted by atomic mass is 10.1. The molecule has 2 aromatic carbocycles. The van der Waals surface area contributed by atoms with Gasteiger partial charge in [0, 0.05) is 18.3 Å². The van der Waals surface area contributed by atoms with Gasteiger partial charge in [-0.05, 0) is 43.2 Å². The molecule has 0 aliphatic carbocycles. The van der Waals surface area contributed by atoms with E-state index in [1.807, 2.05) is 25.1 Å². The smallest absolute Gasteiger partial charge is 0.311 e. The van der Waals surface area contributed by atoms with Crippen molar-refractivity contribution in [2.45, 2.75) is 27.0 Å². The summed E-state index contributed by atoms with van der Waals surface area (Å²) in [5, 5.41) is 18.3. The largest absolute Gasteiger partial charge is 0.479 e. The Morgan fingerprint density at radius 3 is 2.73 bits per heavy atom. The van der Waals surface area contributed by atoms with E-state index in [1.165, 1.54) is 23.8 Å². The van der Waals surface area contributed by atoms with E-state index < -0.39 is 10.8 Å². The van der Waals surface area contributed by atoms with Crippen LogP contribution < -0.4 is 10.1 Å². The number of anilines is 1. The van der Waals surface area contributed by atoms with Gasteiger partial charge in [-0.2, -0.15) is 5.10 Å². The number of carbonyl (C=O) groups is 1. The molecule has 0 saturated carbocycles. The molecule has 0 radical (unpaired) electrons. The number of furan rings is 1. The summed E-state index contributed by atoms with van der Waals surface area (Å²) < 4.78 is 12.8. The van der Waals surface area contributed by atoms with Crippen LogP contribution in [-0.4, -0.2) is 20.6 Å². The predicted octanol–water partition coefficient (Wildman–Crippen LogP) is 4.88. The molecule has 9 heteroatoms. The van der Waals surface area contributed by atoms with Crippen LogP contribution >= 0.6 is 0 Å². The Morgan fingerprint density at radius 1 is 1.12 bits per heavy atom. The summed E-state index contributed by atoms with van der Waals surface area (Å²) in [5.74, 6) is 0.521.